The van der Waals surface area contributed by atoms with Gasteiger partial charge >= 0.3 is 6.18 Å². The minimum Gasteiger partial charge on any atom is -0.496 e. The number of ether oxygens (including phenoxy) is 1. The van der Waals surface area contributed by atoms with Crippen LogP contribution in [0.1, 0.15) is 30.9 Å². The van der Waals surface area contributed by atoms with Gasteiger partial charge in [0.1, 0.15) is 5.75 Å². The summed E-state index contributed by atoms with van der Waals surface area (Å²) in [4.78, 5) is 0. The van der Waals surface area contributed by atoms with Gasteiger partial charge < -0.3 is 10.1 Å². The van der Waals surface area contributed by atoms with E-state index in [4.69, 9.17) is 4.74 Å². The van der Waals surface area contributed by atoms with E-state index in [2.05, 4.69) is 5.32 Å². The summed E-state index contributed by atoms with van der Waals surface area (Å²) in [6.07, 6.45) is -4.19. The van der Waals surface area contributed by atoms with E-state index in [-0.39, 0.29) is 6.54 Å². The SMILES string of the molecule is COc1ccc(C(C)C)cc1CNCC(F)(F)F. The molecular formula is C13H18F3NO. The van der Waals surface area contributed by atoms with E-state index >= 15 is 0 Å². The Morgan fingerprint density at radius 3 is 2.44 bits per heavy atom. The molecule has 1 N–H and O–H groups in total. The minimum atomic E-state index is -4.19. The van der Waals surface area contributed by atoms with Crippen molar-refractivity contribution in [3.8, 4) is 5.75 Å². The number of rotatable bonds is 5. The van der Waals surface area contributed by atoms with Crippen molar-refractivity contribution in [1.29, 1.82) is 0 Å². The number of alkyl halides is 3. The Balaban J connectivity index is 2.75. The largest absolute Gasteiger partial charge is 0.496 e. The lowest BCUT2D eigenvalue weighted by atomic mass is 10.0. The molecule has 2 nitrogen and oxygen atoms in total. The number of hydrogen-bond donors (Lipinski definition) is 1. The standard InChI is InChI=1S/C13H18F3NO/c1-9(2)10-4-5-12(18-3)11(6-10)7-17-8-13(14,15)16/h4-6,9,17H,7-8H2,1-3H3. The van der Waals surface area contributed by atoms with Crippen LogP contribution >= 0.6 is 0 Å². The summed E-state index contributed by atoms with van der Waals surface area (Å²) in [5.41, 5.74) is 1.83. The molecule has 0 fully saturated rings. The average Bonchev–Trinajstić information content (AvgIpc) is 2.27. The first-order chi connectivity index (χ1) is 8.33. The zero-order valence-electron chi connectivity index (χ0n) is 10.8. The molecule has 1 rings (SSSR count). The van der Waals surface area contributed by atoms with Crippen molar-refractivity contribution in [2.24, 2.45) is 0 Å². The summed E-state index contributed by atoms with van der Waals surface area (Å²) < 4.78 is 41.3. The summed E-state index contributed by atoms with van der Waals surface area (Å²) in [5.74, 6) is 0.936. The number of methoxy groups -OCH3 is 1. The summed E-state index contributed by atoms with van der Waals surface area (Å²) in [5, 5.41) is 2.38. The highest BCUT2D eigenvalue weighted by Crippen LogP contribution is 2.24. The monoisotopic (exact) mass is 261 g/mol. The van der Waals surface area contributed by atoms with Crippen LogP contribution in [0, 0.1) is 0 Å². The Morgan fingerprint density at radius 2 is 1.94 bits per heavy atom. The lowest BCUT2D eigenvalue weighted by Gasteiger charge is -2.14. The first kappa shape index (κ1) is 14.8. The molecule has 0 saturated carbocycles. The van der Waals surface area contributed by atoms with Gasteiger partial charge in [-0.15, -0.1) is 0 Å². The summed E-state index contributed by atoms with van der Waals surface area (Å²) in [7, 11) is 1.51. The van der Waals surface area contributed by atoms with Crippen molar-refractivity contribution in [3.63, 3.8) is 0 Å². The van der Waals surface area contributed by atoms with E-state index in [1.54, 1.807) is 6.07 Å². The topological polar surface area (TPSA) is 21.3 Å². The van der Waals surface area contributed by atoms with Crippen LogP contribution in [0.5, 0.6) is 5.75 Å². The van der Waals surface area contributed by atoms with E-state index in [9.17, 15) is 13.2 Å². The molecule has 102 valence electrons. The maximum atomic E-state index is 12.1. The third kappa shape index (κ3) is 4.56. The second kappa shape index (κ2) is 6.09. The van der Waals surface area contributed by atoms with Gasteiger partial charge in [0.15, 0.2) is 0 Å². The fraction of sp³-hybridized carbons (Fsp3) is 0.538. The van der Waals surface area contributed by atoms with Crippen molar-refractivity contribution in [1.82, 2.24) is 5.32 Å². The summed E-state index contributed by atoms with van der Waals surface area (Å²) in [6, 6.07) is 5.60. The Hall–Kier alpha value is -1.23. The summed E-state index contributed by atoms with van der Waals surface area (Å²) >= 11 is 0. The highest BCUT2D eigenvalue weighted by atomic mass is 19.4. The third-order valence-corrected chi connectivity index (χ3v) is 2.61. The molecule has 0 unspecified atom stereocenters. The van der Waals surface area contributed by atoms with E-state index in [1.165, 1.54) is 7.11 Å². The van der Waals surface area contributed by atoms with Crippen LogP contribution in [0.2, 0.25) is 0 Å². The maximum absolute atomic E-state index is 12.1. The molecule has 0 bridgehead atoms. The first-order valence-corrected chi connectivity index (χ1v) is 5.77. The van der Waals surface area contributed by atoms with Gasteiger partial charge in [-0.1, -0.05) is 26.0 Å². The van der Waals surface area contributed by atoms with Crippen LogP contribution in [0.3, 0.4) is 0 Å². The van der Waals surface area contributed by atoms with Crippen molar-refractivity contribution in [3.05, 3.63) is 29.3 Å². The second-order valence-electron chi connectivity index (χ2n) is 4.44. The molecule has 5 heteroatoms. The van der Waals surface area contributed by atoms with Crippen LogP contribution in [-0.2, 0) is 6.54 Å². The molecule has 0 amide bonds. The van der Waals surface area contributed by atoms with Crippen LogP contribution in [0.25, 0.3) is 0 Å². The van der Waals surface area contributed by atoms with Gasteiger partial charge in [-0.25, -0.2) is 0 Å². The van der Waals surface area contributed by atoms with Crippen LogP contribution in [-0.4, -0.2) is 19.8 Å². The molecule has 1 aromatic carbocycles. The van der Waals surface area contributed by atoms with Crippen molar-refractivity contribution in [2.75, 3.05) is 13.7 Å². The number of benzene rings is 1. The molecule has 0 aliphatic rings. The van der Waals surface area contributed by atoms with Crippen LogP contribution in [0.15, 0.2) is 18.2 Å². The van der Waals surface area contributed by atoms with E-state index < -0.39 is 12.7 Å². The molecule has 0 aromatic heterocycles. The molecule has 0 aliphatic heterocycles. The Kier molecular flexibility index (Phi) is 5.02. The lowest BCUT2D eigenvalue weighted by molar-refractivity contribution is -0.125. The van der Waals surface area contributed by atoms with Gasteiger partial charge in [0.2, 0.25) is 0 Å². The van der Waals surface area contributed by atoms with E-state index in [0.29, 0.717) is 11.7 Å². The normalized spacial score (nSPS) is 11.9. The Labute approximate surface area is 105 Å². The zero-order chi connectivity index (χ0) is 13.8. The van der Waals surface area contributed by atoms with E-state index in [1.807, 2.05) is 26.0 Å². The van der Waals surface area contributed by atoms with Crippen molar-refractivity contribution in [2.45, 2.75) is 32.5 Å². The van der Waals surface area contributed by atoms with Gasteiger partial charge in [0.25, 0.3) is 0 Å². The predicted molar refractivity (Wildman–Crippen MR) is 64.8 cm³/mol. The van der Waals surface area contributed by atoms with Gasteiger partial charge in [-0.2, -0.15) is 13.2 Å². The quantitative estimate of drug-likeness (QED) is 0.876. The minimum absolute atomic E-state index is 0.142. The molecule has 18 heavy (non-hydrogen) atoms. The maximum Gasteiger partial charge on any atom is 0.401 e. The Bertz CT molecular complexity index is 388. The highest BCUT2D eigenvalue weighted by Gasteiger charge is 2.26. The van der Waals surface area contributed by atoms with Gasteiger partial charge in [0, 0.05) is 12.1 Å². The smallest absolute Gasteiger partial charge is 0.401 e. The van der Waals surface area contributed by atoms with Crippen LogP contribution < -0.4 is 10.1 Å². The molecular weight excluding hydrogens is 243 g/mol. The van der Waals surface area contributed by atoms with Crippen molar-refractivity contribution >= 4 is 0 Å². The van der Waals surface area contributed by atoms with E-state index in [0.717, 1.165) is 11.1 Å². The fourth-order valence-corrected chi connectivity index (χ4v) is 1.63. The highest BCUT2D eigenvalue weighted by molar-refractivity contribution is 5.38. The number of halogens is 3. The first-order valence-electron chi connectivity index (χ1n) is 5.77. The van der Waals surface area contributed by atoms with Crippen LogP contribution in [0.4, 0.5) is 13.2 Å². The van der Waals surface area contributed by atoms with Crippen molar-refractivity contribution < 1.29 is 17.9 Å². The average molecular weight is 261 g/mol. The molecule has 0 aliphatic carbocycles. The number of nitrogens with one attached hydrogen (secondary N) is 1. The molecule has 0 heterocycles. The molecule has 0 radical (unpaired) electrons. The summed E-state index contributed by atoms with van der Waals surface area (Å²) in [6.45, 7) is 3.22. The van der Waals surface area contributed by atoms with Gasteiger partial charge in [-0.3, -0.25) is 0 Å². The predicted octanol–water partition coefficient (Wildman–Crippen LogP) is 3.47. The molecule has 1 aromatic rings. The third-order valence-electron chi connectivity index (χ3n) is 2.61. The van der Waals surface area contributed by atoms with Gasteiger partial charge in [-0.05, 0) is 17.5 Å². The van der Waals surface area contributed by atoms with Gasteiger partial charge in [0.05, 0.1) is 13.7 Å². The zero-order valence-corrected chi connectivity index (χ0v) is 10.8. The molecule has 0 saturated heterocycles. The fourth-order valence-electron chi connectivity index (χ4n) is 1.63. The lowest BCUT2D eigenvalue weighted by Crippen LogP contribution is -2.28. The molecule has 0 atom stereocenters. The second-order valence-corrected chi connectivity index (χ2v) is 4.44. The molecule has 0 spiro atoms. The number of hydrogen-bond acceptors (Lipinski definition) is 2. The Morgan fingerprint density at radius 1 is 1.28 bits per heavy atom.